The van der Waals surface area contributed by atoms with E-state index in [-0.39, 0.29) is 0 Å². The monoisotopic (exact) mass is 219 g/mol. The van der Waals surface area contributed by atoms with E-state index in [0.29, 0.717) is 11.7 Å². The summed E-state index contributed by atoms with van der Waals surface area (Å²) in [4.78, 5) is 2.04. The fourth-order valence-corrected chi connectivity index (χ4v) is 1.72. The van der Waals surface area contributed by atoms with Crippen molar-refractivity contribution < 1.29 is 5.11 Å². The second kappa shape index (κ2) is 5.59. The van der Waals surface area contributed by atoms with Crippen molar-refractivity contribution in [2.24, 2.45) is 5.92 Å². The summed E-state index contributed by atoms with van der Waals surface area (Å²) in [7, 11) is 4.02. The second-order valence-corrected chi connectivity index (χ2v) is 4.60. The number of allylic oxidation sites excluding steroid dienone is 1. The van der Waals surface area contributed by atoms with E-state index in [1.165, 1.54) is 0 Å². The maximum Gasteiger partial charge on any atom is 0.118 e. The van der Waals surface area contributed by atoms with Crippen molar-refractivity contribution in [1.29, 1.82) is 0 Å². The Morgan fingerprint density at radius 2 is 2.00 bits per heavy atom. The van der Waals surface area contributed by atoms with Gasteiger partial charge in [-0.15, -0.1) is 0 Å². The standard InChI is InChI=1S/C14H21NO/c1-11(9-12(2)15(3)4)10-13-7-5-6-8-14(13)16/h5-8,11,16H,2,9-10H2,1,3-4H3/t11-/m1/s1. The van der Waals surface area contributed by atoms with Crippen molar-refractivity contribution in [3.05, 3.63) is 42.1 Å². The Morgan fingerprint density at radius 1 is 1.38 bits per heavy atom. The predicted octanol–water partition coefficient (Wildman–Crippen LogP) is 3.04. The number of rotatable bonds is 5. The van der Waals surface area contributed by atoms with Crippen molar-refractivity contribution in [3.8, 4) is 5.75 Å². The topological polar surface area (TPSA) is 23.5 Å². The summed E-state index contributed by atoms with van der Waals surface area (Å²) in [5.41, 5.74) is 2.14. The van der Waals surface area contributed by atoms with Gasteiger partial charge in [-0.2, -0.15) is 0 Å². The minimum absolute atomic E-state index is 0.393. The van der Waals surface area contributed by atoms with Crippen LogP contribution in [0.3, 0.4) is 0 Å². The minimum atomic E-state index is 0.393. The van der Waals surface area contributed by atoms with Gasteiger partial charge in [-0.05, 0) is 30.4 Å². The number of hydrogen-bond donors (Lipinski definition) is 1. The Balaban J connectivity index is 2.55. The third-order valence-corrected chi connectivity index (χ3v) is 2.78. The fraction of sp³-hybridized carbons (Fsp3) is 0.429. The summed E-state index contributed by atoms with van der Waals surface area (Å²) < 4.78 is 0. The highest BCUT2D eigenvalue weighted by molar-refractivity contribution is 5.32. The smallest absolute Gasteiger partial charge is 0.118 e. The summed E-state index contributed by atoms with van der Waals surface area (Å²) in [5.74, 6) is 0.882. The number of benzene rings is 1. The lowest BCUT2D eigenvalue weighted by Crippen LogP contribution is -2.13. The first-order valence-electron chi connectivity index (χ1n) is 5.62. The number of aromatic hydroxyl groups is 1. The van der Waals surface area contributed by atoms with Crippen molar-refractivity contribution >= 4 is 0 Å². The van der Waals surface area contributed by atoms with Gasteiger partial charge in [-0.25, -0.2) is 0 Å². The normalized spacial score (nSPS) is 12.2. The molecular weight excluding hydrogens is 198 g/mol. The van der Waals surface area contributed by atoms with Crippen LogP contribution in [0.15, 0.2) is 36.5 Å². The Kier molecular flexibility index (Phi) is 4.41. The van der Waals surface area contributed by atoms with E-state index in [9.17, 15) is 5.11 Å². The van der Waals surface area contributed by atoms with Gasteiger partial charge in [0.15, 0.2) is 0 Å². The molecule has 1 aromatic rings. The third kappa shape index (κ3) is 3.61. The lowest BCUT2D eigenvalue weighted by atomic mass is 9.96. The molecule has 0 heterocycles. The molecule has 0 unspecified atom stereocenters. The van der Waals surface area contributed by atoms with E-state index in [4.69, 9.17) is 0 Å². The molecule has 0 spiro atoms. The van der Waals surface area contributed by atoms with Gasteiger partial charge >= 0.3 is 0 Å². The molecule has 0 aromatic heterocycles. The number of hydrogen-bond acceptors (Lipinski definition) is 2. The van der Waals surface area contributed by atoms with Crippen LogP contribution in [0.1, 0.15) is 18.9 Å². The van der Waals surface area contributed by atoms with E-state index < -0.39 is 0 Å². The quantitative estimate of drug-likeness (QED) is 0.822. The first-order chi connectivity index (χ1) is 7.50. The van der Waals surface area contributed by atoms with Gasteiger partial charge in [-0.3, -0.25) is 0 Å². The number of para-hydroxylation sites is 1. The van der Waals surface area contributed by atoms with Crippen molar-refractivity contribution in [2.45, 2.75) is 19.8 Å². The molecule has 1 rings (SSSR count). The molecule has 1 atom stereocenters. The van der Waals surface area contributed by atoms with Crippen LogP contribution in [0.25, 0.3) is 0 Å². The number of phenols is 1. The van der Waals surface area contributed by atoms with Gasteiger partial charge in [-0.1, -0.05) is 31.7 Å². The average molecular weight is 219 g/mol. The molecule has 0 amide bonds. The van der Waals surface area contributed by atoms with Gasteiger partial charge in [0, 0.05) is 19.8 Å². The van der Waals surface area contributed by atoms with Crippen LogP contribution < -0.4 is 0 Å². The summed E-state index contributed by atoms with van der Waals surface area (Å²) in [6, 6.07) is 7.53. The van der Waals surface area contributed by atoms with Crippen molar-refractivity contribution in [2.75, 3.05) is 14.1 Å². The lowest BCUT2D eigenvalue weighted by molar-refractivity contribution is 0.429. The summed E-state index contributed by atoms with van der Waals surface area (Å²) in [6.45, 7) is 6.20. The van der Waals surface area contributed by atoms with Crippen molar-refractivity contribution in [1.82, 2.24) is 4.90 Å². The van der Waals surface area contributed by atoms with Gasteiger partial charge < -0.3 is 10.0 Å². The summed E-state index contributed by atoms with van der Waals surface area (Å²) >= 11 is 0. The summed E-state index contributed by atoms with van der Waals surface area (Å²) in [5, 5.41) is 9.67. The highest BCUT2D eigenvalue weighted by Gasteiger charge is 2.09. The molecular formula is C14H21NO. The molecule has 2 heteroatoms. The van der Waals surface area contributed by atoms with E-state index in [1.54, 1.807) is 6.07 Å². The van der Waals surface area contributed by atoms with Crippen LogP contribution in [-0.4, -0.2) is 24.1 Å². The highest BCUT2D eigenvalue weighted by atomic mass is 16.3. The van der Waals surface area contributed by atoms with Crippen LogP contribution in [0.2, 0.25) is 0 Å². The Bertz CT molecular complexity index is 358. The predicted molar refractivity (Wildman–Crippen MR) is 68.4 cm³/mol. The fourth-order valence-electron chi connectivity index (χ4n) is 1.72. The van der Waals surface area contributed by atoms with Crippen molar-refractivity contribution in [3.63, 3.8) is 0 Å². The second-order valence-electron chi connectivity index (χ2n) is 4.60. The van der Waals surface area contributed by atoms with Crippen LogP contribution in [0.4, 0.5) is 0 Å². The molecule has 0 bridgehead atoms. The van der Waals surface area contributed by atoms with Crippen LogP contribution in [0, 0.1) is 5.92 Å². The molecule has 1 aromatic carbocycles. The van der Waals surface area contributed by atoms with Crippen LogP contribution in [0.5, 0.6) is 5.75 Å². The molecule has 88 valence electrons. The number of nitrogens with zero attached hydrogens (tertiary/aromatic N) is 1. The molecule has 0 aliphatic rings. The first kappa shape index (κ1) is 12.6. The Labute approximate surface area is 98.2 Å². The molecule has 0 saturated carbocycles. The summed E-state index contributed by atoms with van der Waals surface area (Å²) in [6.07, 6.45) is 1.85. The number of phenolic OH excluding ortho intramolecular Hbond substituents is 1. The van der Waals surface area contributed by atoms with Crippen LogP contribution >= 0.6 is 0 Å². The Hall–Kier alpha value is -1.44. The molecule has 0 fully saturated rings. The first-order valence-corrected chi connectivity index (χ1v) is 5.62. The maximum absolute atomic E-state index is 9.67. The molecule has 0 aliphatic heterocycles. The minimum Gasteiger partial charge on any atom is -0.508 e. The molecule has 0 saturated heterocycles. The average Bonchev–Trinajstić information content (AvgIpc) is 2.21. The molecule has 0 aliphatic carbocycles. The van der Waals surface area contributed by atoms with E-state index in [0.717, 1.165) is 24.1 Å². The van der Waals surface area contributed by atoms with Gasteiger partial charge in [0.1, 0.15) is 5.75 Å². The van der Waals surface area contributed by atoms with E-state index >= 15 is 0 Å². The van der Waals surface area contributed by atoms with Gasteiger partial charge in [0.2, 0.25) is 0 Å². The lowest BCUT2D eigenvalue weighted by Gasteiger charge is -2.19. The molecule has 16 heavy (non-hydrogen) atoms. The van der Waals surface area contributed by atoms with Gasteiger partial charge in [0.05, 0.1) is 0 Å². The highest BCUT2D eigenvalue weighted by Crippen LogP contribution is 2.22. The molecule has 1 N–H and O–H groups in total. The zero-order valence-electron chi connectivity index (χ0n) is 10.4. The van der Waals surface area contributed by atoms with Gasteiger partial charge in [0.25, 0.3) is 0 Å². The van der Waals surface area contributed by atoms with E-state index in [1.807, 2.05) is 37.2 Å². The Morgan fingerprint density at radius 3 is 2.56 bits per heavy atom. The third-order valence-electron chi connectivity index (χ3n) is 2.78. The SMILES string of the molecule is C=C(C[C@@H](C)Cc1ccccc1O)N(C)C. The molecule has 2 nitrogen and oxygen atoms in total. The maximum atomic E-state index is 9.67. The van der Waals surface area contributed by atoms with E-state index in [2.05, 4.69) is 13.5 Å². The zero-order valence-corrected chi connectivity index (χ0v) is 10.4. The molecule has 0 radical (unpaired) electrons. The van der Waals surface area contributed by atoms with Crippen LogP contribution in [-0.2, 0) is 6.42 Å². The largest absolute Gasteiger partial charge is 0.508 e. The zero-order chi connectivity index (χ0) is 12.1.